The van der Waals surface area contributed by atoms with E-state index in [0.717, 1.165) is 0 Å². The standard InChI is InChI=1S/C14H18Cl2FN3O2/c1-14(2,3)22-13(21)20-6-4-19(5-7-20)9-8-10(15)18-12(16)11(9)17/h8H,4-7H2,1-3H3. The number of hydrogen-bond donors (Lipinski definition) is 0. The first-order valence-corrected chi connectivity index (χ1v) is 7.67. The fraction of sp³-hybridized carbons (Fsp3) is 0.571. The van der Waals surface area contributed by atoms with Crippen LogP contribution in [0.3, 0.4) is 0 Å². The van der Waals surface area contributed by atoms with E-state index in [1.54, 1.807) is 9.80 Å². The van der Waals surface area contributed by atoms with Gasteiger partial charge in [-0.1, -0.05) is 23.2 Å². The molecule has 5 nitrogen and oxygen atoms in total. The second kappa shape index (κ2) is 6.46. The van der Waals surface area contributed by atoms with Crippen LogP contribution in [0.5, 0.6) is 0 Å². The molecule has 0 unspecified atom stereocenters. The third kappa shape index (κ3) is 4.14. The molecule has 2 heterocycles. The van der Waals surface area contributed by atoms with Crippen molar-refractivity contribution in [3.8, 4) is 0 Å². The average molecular weight is 350 g/mol. The Bertz CT molecular complexity index is 570. The zero-order valence-electron chi connectivity index (χ0n) is 12.7. The fourth-order valence-corrected chi connectivity index (χ4v) is 2.56. The van der Waals surface area contributed by atoms with E-state index >= 15 is 0 Å². The van der Waals surface area contributed by atoms with Crippen molar-refractivity contribution >= 4 is 35.0 Å². The monoisotopic (exact) mass is 349 g/mol. The van der Waals surface area contributed by atoms with Crippen molar-refractivity contribution in [2.75, 3.05) is 31.1 Å². The van der Waals surface area contributed by atoms with Crippen LogP contribution in [0.25, 0.3) is 0 Å². The van der Waals surface area contributed by atoms with Crippen molar-refractivity contribution in [3.05, 3.63) is 22.2 Å². The maximum Gasteiger partial charge on any atom is 0.410 e. The zero-order chi connectivity index (χ0) is 16.5. The third-order valence-corrected chi connectivity index (χ3v) is 3.58. The van der Waals surface area contributed by atoms with Gasteiger partial charge in [0, 0.05) is 32.2 Å². The lowest BCUT2D eigenvalue weighted by Gasteiger charge is -2.36. The molecule has 1 aromatic rings. The normalized spacial score (nSPS) is 15.9. The van der Waals surface area contributed by atoms with Crippen molar-refractivity contribution in [1.82, 2.24) is 9.88 Å². The van der Waals surface area contributed by atoms with Gasteiger partial charge < -0.3 is 14.5 Å². The molecular formula is C14H18Cl2FN3O2. The predicted octanol–water partition coefficient (Wildman–Crippen LogP) is 3.58. The summed E-state index contributed by atoms with van der Waals surface area (Å²) in [5, 5.41) is -0.118. The van der Waals surface area contributed by atoms with Gasteiger partial charge in [0.2, 0.25) is 0 Å². The van der Waals surface area contributed by atoms with E-state index in [1.807, 2.05) is 20.8 Å². The minimum Gasteiger partial charge on any atom is -0.444 e. The Labute approximate surface area is 138 Å². The van der Waals surface area contributed by atoms with Gasteiger partial charge in [-0.25, -0.2) is 14.2 Å². The molecule has 0 atom stereocenters. The summed E-state index contributed by atoms with van der Waals surface area (Å²) in [6, 6.07) is 1.44. The van der Waals surface area contributed by atoms with E-state index in [-0.39, 0.29) is 16.4 Å². The molecule has 0 saturated carbocycles. The molecule has 0 radical (unpaired) electrons. The number of rotatable bonds is 1. The van der Waals surface area contributed by atoms with Gasteiger partial charge in [-0.3, -0.25) is 0 Å². The first-order chi connectivity index (χ1) is 10.2. The van der Waals surface area contributed by atoms with Crippen LogP contribution < -0.4 is 4.90 Å². The maximum absolute atomic E-state index is 14.0. The second-order valence-corrected chi connectivity index (χ2v) is 6.77. The van der Waals surface area contributed by atoms with Gasteiger partial charge in [0.05, 0.1) is 5.69 Å². The van der Waals surface area contributed by atoms with Gasteiger partial charge in [-0.05, 0) is 20.8 Å². The maximum atomic E-state index is 14.0. The third-order valence-electron chi connectivity index (χ3n) is 3.14. The topological polar surface area (TPSA) is 45.7 Å². The summed E-state index contributed by atoms with van der Waals surface area (Å²) in [6.07, 6.45) is -0.363. The van der Waals surface area contributed by atoms with E-state index in [4.69, 9.17) is 27.9 Å². The number of halogens is 3. The number of aromatic nitrogens is 1. The van der Waals surface area contributed by atoms with Gasteiger partial charge in [-0.15, -0.1) is 0 Å². The Hall–Kier alpha value is -1.27. The van der Waals surface area contributed by atoms with Gasteiger partial charge in [0.1, 0.15) is 10.8 Å². The second-order valence-electron chi connectivity index (χ2n) is 6.02. The molecule has 0 N–H and O–H groups in total. The van der Waals surface area contributed by atoms with E-state index in [9.17, 15) is 9.18 Å². The Kier molecular flexibility index (Phi) is 5.02. The molecule has 2 rings (SSSR count). The molecule has 1 saturated heterocycles. The Morgan fingerprint density at radius 2 is 1.86 bits per heavy atom. The molecule has 1 aromatic heterocycles. The Balaban J connectivity index is 2.02. The van der Waals surface area contributed by atoms with Crippen LogP contribution in [0.1, 0.15) is 20.8 Å². The SMILES string of the molecule is CC(C)(C)OC(=O)N1CCN(c2cc(Cl)nc(Cl)c2F)CC1. The number of hydrogen-bond acceptors (Lipinski definition) is 4. The number of carbonyl (C=O) groups excluding carboxylic acids is 1. The minimum absolute atomic E-state index is 0.135. The summed E-state index contributed by atoms with van der Waals surface area (Å²) in [4.78, 5) is 19.0. The van der Waals surface area contributed by atoms with Crippen molar-refractivity contribution in [1.29, 1.82) is 0 Å². The lowest BCUT2D eigenvalue weighted by atomic mass is 10.2. The van der Waals surface area contributed by atoms with Crippen molar-refractivity contribution in [2.24, 2.45) is 0 Å². The molecule has 0 bridgehead atoms. The van der Waals surface area contributed by atoms with E-state index in [2.05, 4.69) is 4.98 Å². The molecule has 8 heteroatoms. The van der Waals surface area contributed by atoms with Crippen molar-refractivity contribution in [3.63, 3.8) is 0 Å². The van der Waals surface area contributed by atoms with Gasteiger partial charge in [-0.2, -0.15) is 0 Å². The lowest BCUT2D eigenvalue weighted by molar-refractivity contribution is 0.0240. The molecule has 1 amide bonds. The molecule has 1 aliphatic rings. The molecule has 0 spiro atoms. The van der Waals surface area contributed by atoms with Crippen LogP contribution in [-0.2, 0) is 4.74 Å². The van der Waals surface area contributed by atoms with Gasteiger partial charge in [0.15, 0.2) is 11.0 Å². The van der Waals surface area contributed by atoms with Crippen molar-refractivity contribution in [2.45, 2.75) is 26.4 Å². The molecule has 1 fully saturated rings. The highest BCUT2D eigenvalue weighted by Gasteiger charge is 2.27. The summed E-state index contributed by atoms with van der Waals surface area (Å²) in [7, 11) is 0. The van der Waals surface area contributed by atoms with Crippen LogP contribution in [-0.4, -0.2) is 47.8 Å². The number of nitrogens with zero attached hydrogens (tertiary/aromatic N) is 3. The van der Waals surface area contributed by atoms with E-state index < -0.39 is 11.4 Å². The van der Waals surface area contributed by atoms with Gasteiger partial charge in [0.25, 0.3) is 0 Å². The highest BCUT2D eigenvalue weighted by atomic mass is 35.5. The molecular weight excluding hydrogens is 332 g/mol. The number of amides is 1. The number of anilines is 1. The quantitative estimate of drug-likeness (QED) is 0.727. The zero-order valence-corrected chi connectivity index (χ0v) is 14.2. The predicted molar refractivity (Wildman–Crippen MR) is 84.2 cm³/mol. The smallest absolute Gasteiger partial charge is 0.410 e. The lowest BCUT2D eigenvalue weighted by Crippen LogP contribution is -2.50. The highest BCUT2D eigenvalue weighted by Crippen LogP contribution is 2.28. The van der Waals surface area contributed by atoms with Crippen LogP contribution in [0, 0.1) is 5.82 Å². The molecule has 1 aliphatic heterocycles. The minimum atomic E-state index is -0.600. The fourth-order valence-electron chi connectivity index (χ4n) is 2.14. The van der Waals surface area contributed by atoms with E-state index in [1.165, 1.54) is 6.07 Å². The largest absolute Gasteiger partial charge is 0.444 e. The summed E-state index contributed by atoms with van der Waals surface area (Å²) in [5.74, 6) is -0.600. The molecule has 0 aliphatic carbocycles. The Morgan fingerprint density at radius 3 is 2.41 bits per heavy atom. The number of carbonyl (C=O) groups is 1. The number of pyridine rings is 1. The summed E-state index contributed by atoms with van der Waals surface area (Å²) < 4.78 is 19.4. The molecule has 122 valence electrons. The first kappa shape index (κ1) is 17.1. The van der Waals surface area contributed by atoms with E-state index in [0.29, 0.717) is 31.9 Å². The van der Waals surface area contributed by atoms with Crippen LogP contribution in [0.2, 0.25) is 10.3 Å². The van der Waals surface area contributed by atoms with Crippen molar-refractivity contribution < 1.29 is 13.9 Å². The number of ether oxygens (including phenoxy) is 1. The first-order valence-electron chi connectivity index (χ1n) is 6.92. The van der Waals surface area contributed by atoms with Crippen LogP contribution in [0.15, 0.2) is 6.07 Å². The summed E-state index contributed by atoms with van der Waals surface area (Å²) >= 11 is 11.5. The Morgan fingerprint density at radius 1 is 1.27 bits per heavy atom. The molecule has 0 aromatic carbocycles. The summed E-state index contributed by atoms with van der Waals surface area (Å²) in [6.45, 7) is 7.25. The van der Waals surface area contributed by atoms with Crippen LogP contribution >= 0.6 is 23.2 Å². The van der Waals surface area contributed by atoms with Crippen LogP contribution in [0.4, 0.5) is 14.9 Å². The summed E-state index contributed by atoms with van der Waals surface area (Å²) in [5.41, 5.74) is -0.235. The van der Waals surface area contributed by atoms with Gasteiger partial charge >= 0.3 is 6.09 Å². The number of piperazine rings is 1. The average Bonchev–Trinajstić information content (AvgIpc) is 2.41. The molecule has 22 heavy (non-hydrogen) atoms. The highest BCUT2D eigenvalue weighted by molar-refractivity contribution is 6.33.